The number of rotatable bonds is 38. The smallest absolute Gasteiger partial charge is 0.550 e. The van der Waals surface area contributed by atoms with Crippen molar-refractivity contribution in [2.75, 3.05) is 0 Å². The molecule has 9 heteroatoms. The molecule has 2 aromatic rings. The van der Waals surface area contributed by atoms with Gasteiger partial charge in [0.2, 0.25) is 0 Å². The number of unbranched alkanes of at least 4 members (excludes halogenated alkanes) is 18. The number of carboxylic acids is 2. The van der Waals surface area contributed by atoms with E-state index in [0.29, 0.717) is 13.2 Å². The molecule has 2 rings (SSSR count). The zero-order valence-corrected chi connectivity index (χ0v) is 41.8. The van der Waals surface area contributed by atoms with Crippen molar-refractivity contribution in [3.8, 4) is 0 Å². The van der Waals surface area contributed by atoms with Gasteiger partial charge in [0.15, 0.2) is 0 Å². The van der Waals surface area contributed by atoms with Crippen molar-refractivity contribution in [3.63, 3.8) is 0 Å². The third kappa shape index (κ3) is 36.0. The fourth-order valence-corrected chi connectivity index (χ4v) is 7.35. The Morgan fingerprint density at radius 2 is 0.729 bits per heavy atom. The summed E-state index contributed by atoms with van der Waals surface area (Å²) in [5.41, 5.74) is 2.31. The van der Waals surface area contributed by atoms with E-state index in [-0.39, 0.29) is 86.1 Å². The normalized spacial score (nSPS) is 13.1. The third-order valence-corrected chi connectivity index (χ3v) is 10.9. The molecule has 332 valence electrons. The fraction of sp³-hybridized carbons (Fsp3) is 0.720. The number of aliphatic hydroxyl groups is 2. The Labute approximate surface area is 400 Å². The van der Waals surface area contributed by atoms with Crippen LogP contribution in [0.15, 0.2) is 60.7 Å². The van der Waals surface area contributed by atoms with E-state index >= 15 is 0 Å². The van der Waals surface area contributed by atoms with Crippen LogP contribution in [0.2, 0.25) is 0 Å². The molecule has 0 aliphatic heterocycles. The molecule has 59 heavy (non-hydrogen) atoms. The summed E-state index contributed by atoms with van der Waals surface area (Å²) in [6, 6.07) is 20.3. The van der Waals surface area contributed by atoms with E-state index in [9.17, 15) is 30.0 Å². The average molecular weight is 949 g/mol. The van der Waals surface area contributed by atoms with E-state index in [1.807, 2.05) is 36.4 Å². The molecule has 4 unspecified atom stereocenters. The molecule has 0 fully saturated rings. The zero-order valence-electron chi connectivity index (χ0n) is 37.3. The van der Waals surface area contributed by atoms with Gasteiger partial charge < -0.3 is 39.5 Å². The average Bonchev–Trinajstić information content (AvgIpc) is 3.21. The number of aliphatic carboxylic acids is 2. The van der Waals surface area contributed by atoms with Crippen LogP contribution in [0.4, 0.5) is 0 Å². The van der Waals surface area contributed by atoms with Crippen LogP contribution in [0, 0.1) is 0 Å². The summed E-state index contributed by atoms with van der Waals surface area (Å²) in [6.45, 7) is 5.33. The molecular formula is C50H82BaO8. The first-order valence-corrected chi connectivity index (χ1v) is 23.3. The van der Waals surface area contributed by atoms with E-state index in [4.69, 9.17) is 9.47 Å². The summed E-state index contributed by atoms with van der Waals surface area (Å²) < 4.78 is 12.1. The number of hydrogen-bond acceptors (Lipinski definition) is 8. The monoisotopic (exact) mass is 949 g/mol. The molecule has 0 saturated heterocycles. The van der Waals surface area contributed by atoms with Crippen LogP contribution in [0.5, 0.6) is 0 Å². The Morgan fingerprint density at radius 1 is 0.458 bits per heavy atom. The predicted molar refractivity (Wildman–Crippen MR) is 238 cm³/mol. The molecule has 0 amide bonds. The molecule has 2 aromatic carbocycles. The first-order chi connectivity index (χ1) is 28.3. The van der Waals surface area contributed by atoms with E-state index in [0.717, 1.165) is 101 Å². The Hall–Kier alpha value is -1.21. The molecule has 0 bridgehead atoms. The molecular weight excluding hydrogens is 866 g/mol. The summed E-state index contributed by atoms with van der Waals surface area (Å²) >= 11 is 0. The Kier molecular flexibility index (Phi) is 41.2. The summed E-state index contributed by atoms with van der Waals surface area (Å²) in [6.07, 6.45) is 27.6. The van der Waals surface area contributed by atoms with Gasteiger partial charge in [-0.1, -0.05) is 203 Å². The molecule has 0 aliphatic rings. The molecule has 8 nitrogen and oxygen atoms in total. The second-order valence-corrected chi connectivity index (χ2v) is 16.3. The van der Waals surface area contributed by atoms with Crippen LogP contribution in [0.3, 0.4) is 0 Å². The first-order valence-electron chi connectivity index (χ1n) is 23.3. The summed E-state index contributed by atoms with van der Waals surface area (Å²) in [5, 5.41) is 41.5. The third-order valence-electron chi connectivity index (χ3n) is 10.9. The minimum atomic E-state index is -0.931. The quantitative estimate of drug-likeness (QED) is 0.0501. The number of benzene rings is 2. The second kappa shape index (κ2) is 42.1. The number of carboxylic acid groups (broad SMARTS) is 2. The molecule has 2 N–H and O–H groups in total. The van der Waals surface area contributed by atoms with Gasteiger partial charge in [0, 0.05) is 11.9 Å². The Bertz CT molecular complexity index is 1110. The standard InChI is InChI=1S/2C25H42O4.Ba/c2*1-2-16-23(26)24(29-21-22-17-12-11-13-18-22)19-14-9-7-5-3-4-6-8-10-15-20-25(27)28;/h2*11-13,17-18,23-24,26H,2-10,14-16,19-21H2,1H3,(H,27,28);/q;;+2/p-2. The minimum absolute atomic E-state index is 0. The van der Waals surface area contributed by atoms with Crippen LogP contribution in [0.25, 0.3) is 0 Å². The van der Waals surface area contributed by atoms with Gasteiger partial charge in [0.05, 0.1) is 37.6 Å². The molecule has 0 spiro atoms. The van der Waals surface area contributed by atoms with E-state index < -0.39 is 11.9 Å². The number of carbonyl (C=O) groups excluding carboxylic acids is 2. The molecule has 0 aromatic heterocycles. The van der Waals surface area contributed by atoms with Crippen molar-refractivity contribution in [2.24, 2.45) is 0 Å². The van der Waals surface area contributed by atoms with E-state index in [2.05, 4.69) is 38.1 Å². The Balaban J connectivity index is 0.00000112. The summed E-state index contributed by atoms with van der Waals surface area (Å²) in [4.78, 5) is 20.7. The SMILES string of the molecule is CCCC(O)C(CCCCCCCCCCCCC(=O)[O-])OCc1ccccc1.CCCC(O)C(CCCCCCCCCCCCC(=O)[O-])OCc1ccccc1.[Ba+2]. The molecule has 4 atom stereocenters. The maximum Gasteiger partial charge on any atom is 2.00 e. The van der Waals surface area contributed by atoms with E-state index in [1.54, 1.807) is 0 Å². The second-order valence-electron chi connectivity index (χ2n) is 16.3. The minimum Gasteiger partial charge on any atom is -0.550 e. The summed E-state index contributed by atoms with van der Waals surface area (Å²) in [7, 11) is 0. The Morgan fingerprint density at radius 3 is 1.00 bits per heavy atom. The number of ether oxygens (including phenoxy) is 2. The van der Waals surface area contributed by atoms with Gasteiger partial charge in [-0.25, -0.2) is 0 Å². The van der Waals surface area contributed by atoms with Crippen LogP contribution >= 0.6 is 0 Å². The van der Waals surface area contributed by atoms with Crippen LogP contribution in [-0.2, 0) is 32.3 Å². The maximum absolute atomic E-state index is 10.4. The van der Waals surface area contributed by atoms with Gasteiger partial charge >= 0.3 is 48.9 Å². The number of aliphatic hydroxyl groups excluding tert-OH is 2. The molecule has 0 radical (unpaired) electrons. The largest absolute Gasteiger partial charge is 2.00 e. The molecule has 0 aliphatic carbocycles. The molecule has 0 saturated carbocycles. The van der Waals surface area contributed by atoms with Crippen molar-refractivity contribution < 1.29 is 39.5 Å². The van der Waals surface area contributed by atoms with Gasteiger partial charge in [-0.2, -0.15) is 0 Å². The van der Waals surface area contributed by atoms with E-state index in [1.165, 1.54) is 77.0 Å². The van der Waals surface area contributed by atoms with Crippen LogP contribution in [0.1, 0.15) is 205 Å². The topological polar surface area (TPSA) is 139 Å². The van der Waals surface area contributed by atoms with Crippen molar-refractivity contribution in [1.29, 1.82) is 0 Å². The van der Waals surface area contributed by atoms with Gasteiger partial charge in [0.1, 0.15) is 0 Å². The number of carbonyl (C=O) groups is 2. The van der Waals surface area contributed by atoms with Gasteiger partial charge in [0.25, 0.3) is 0 Å². The van der Waals surface area contributed by atoms with Gasteiger partial charge in [-0.05, 0) is 62.5 Å². The summed E-state index contributed by atoms with van der Waals surface area (Å²) in [5.74, 6) is -1.86. The maximum atomic E-state index is 10.4. The van der Waals surface area contributed by atoms with Crippen LogP contribution < -0.4 is 10.2 Å². The first kappa shape index (κ1) is 57.8. The zero-order chi connectivity index (χ0) is 42.3. The van der Waals surface area contributed by atoms with Gasteiger partial charge in [-0.15, -0.1) is 0 Å². The number of hydrogen-bond donors (Lipinski definition) is 2. The van der Waals surface area contributed by atoms with Crippen molar-refractivity contribution in [3.05, 3.63) is 71.8 Å². The van der Waals surface area contributed by atoms with Crippen molar-refractivity contribution in [2.45, 2.75) is 231 Å². The van der Waals surface area contributed by atoms with Gasteiger partial charge in [-0.3, -0.25) is 0 Å². The van der Waals surface area contributed by atoms with Crippen LogP contribution in [-0.4, -0.2) is 95.4 Å². The molecule has 0 heterocycles. The van der Waals surface area contributed by atoms with Crippen molar-refractivity contribution >= 4 is 60.8 Å². The fourth-order valence-electron chi connectivity index (χ4n) is 7.35. The van der Waals surface area contributed by atoms with Crippen molar-refractivity contribution in [1.82, 2.24) is 0 Å². The predicted octanol–water partition coefficient (Wildman–Crippen LogP) is 9.95.